The fourth-order valence-electron chi connectivity index (χ4n) is 3.24. The number of fused-ring (bicyclic) bond motifs is 2. The number of pyridine rings is 1. The van der Waals surface area contributed by atoms with Crippen LogP contribution in [0.25, 0.3) is 5.65 Å². The number of hydrogen-bond acceptors (Lipinski definition) is 4. The summed E-state index contributed by atoms with van der Waals surface area (Å²) in [5.74, 6) is 0. The minimum Gasteiger partial charge on any atom is -0.365 e. The van der Waals surface area contributed by atoms with Crippen molar-refractivity contribution < 1.29 is 8.42 Å². The second kappa shape index (κ2) is 5.32. The molecule has 7 heteroatoms. The number of imidazole rings is 1. The smallest absolute Gasteiger partial charge is 0.238 e. The van der Waals surface area contributed by atoms with Crippen LogP contribution in [0, 0.1) is 6.92 Å². The first kappa shape index (κ1) is 15.2. The van der Waals surface area contributed by atoms with Crippen LogP contribution in [0.1, 0.15) is 16.8 Å². The number of rotatable bonds is 3. The van der Waals surface area contributed by atoms with Gasteiger partial charge < -0.3 is 9.30 Å². The van der Waals surface area contributed by atoms with Crippen molar-refractivity contribution in [1.82, 2.24) is 9.38 Å². The Kier molecular flexibility index (Phi) is 3.36. The molecule has 0 saturated heterocycles. The molecule has 1 aliphatic rings. The summed E-state index contributed by atoms with van der Waals surface area (Å²) in [7, 11) is -3.69. The van der Waals surface area contributed by atoms with Crippen molar-refractivity contribution >= 4 is 21.4 Å². The minimum absolute atomic E-state index is 0.152. The van der Waals surface area contributed by atoms with E-state index >= 15 is 0 Å². The molecule has 6 nitrogen and oxygen atoms in total. The summed E-state index contributed by atoms with van der Waals surface area (Å²) in [4.78, 5) is 7.00. The van der Waals surface area contributed by atoms with E-state index in [9.17, 15) is 8.42 Å². The van der Waals surface area contributed by atoms with Crippen LogP contribution in [-0.4, -0.2) is 24.3 Å². The zero-order chi connectivity index (χ0) is 16.9. The number of nitrogens with zero attached hydrogens (tertiary/aromatic N) is 3. The fourth-order valence-corrected chi connectivity index (χ4v) is 3.78. The number of aryl methyl sites for hydroxylation is 1. The summed E-state index contributed by atoms with van der Waals surface area (Å²) >= 11 is 0. The molecule has 124 valence electrons. The van der Waals surface area contributed by atoms with Crippen LogP contribution in [0.15, 0.2) is 47.6 Å². The van der Waals surface area contributed by atoms with E-state index in [0.717, 1.165) is 41.1 Å². The lowest BCUT2D eigenvalue weighted by atomic mass is 10.2. The molecular formula is C17H18N4O2S. The lowest BCUT2D eigenvalue weighted by Gasteiger charge is -2.18. The monoisotopic (exact) mass is 342 g/mol. The number of aromatic nitrogens is 2. The molecule has 3 heterocycles. The molecule has 0 amide bonds. The van der Waals surface area contributed by atoms with Gasteiger partial charge in [0, 0.05) is 24.6 Å². The third kappa shape index (κ3) is 2.55. The van der Waals surface area contributed by atoms with Gasteiger partial charge in [0.2, 0.25) is 10.0 Å². The maximum Gasteiger partial charge on any atom is 0.238 e. The van der Waals surface area contributed by atoms with E-state index in [-0.39, 0.29) is 4.90 Å². The van der Waals surface area contributed by atoms with E-state index in [2.05, 4.69) is 4.90 Å². The molecule has 1 aromatic carbocycles. The van der Waals surface area contributed by atoms with Gasteiger partial charge in [0.15, 0.2) is 0 Å². The first-order chi connectivity index (χ1) is 11.4. The molecule has 0 saturated carbocycles. The molecule has 24 heavy (non-hydrogen) atoms. The van der Waals surface area contributed by atoms with E-state index in [1.54, 1.807) is 12.1 Å². The molecule has 0 aliphatic carbocycles. The molecular weight excluding hydrogens is 324 g/mol. The van der Waals surface area contributed by atoms with Crippen molar-refractivity contribution in [3.8, 4) is 0 Å². The van der Waals surface area contributed by atoms with E-state index in [0.29, 0.717) is 6.54 Å². The lowest BCUT2D eigenvalue weighted by Crippen LogP contribution is -2.20. The van der Waals surface area contributed by atoms with E-state index in [4.69, 9.17) is 10.1 Å². The molecule has 3 aromatic rings. The molecule has 1 aliphatic heterocycles. The van der Waals surface area contributed by atoms with Crippen molar-refractivity contribution in [3.05, 3.63) is 59.5 Å². The van der Waals surface area contributed by atoms with Crippen molar-refractivity contribution in [2.45, 2.75) is 24.8 Å². The quantitative estimate of drug-likeness (QED) is 0.788. The molecule has 0 bridgehead atoms. The molecule has 0 fully saturated rings. The van der Waals surface area contributed by atoms with Crippen LogP contribution in [0.3, 0.4) is 0 Å². The maximum atomic E-state index is 11.6. The van der Waals surface area contributed by atoms with Gasteiger partial charge in [0.1, 0.15) is 5.65 Å². The number of hydrogen-bond donors (Lipinski definition) is 1. The number of primary sulfonamides is 1. The van der Waals surface area contributed by atoms with Gasteiger partial charge in [-0.1, -0.05) is 12.1 Å². The maximum absolute atomic E-state index is 11.6. The van der Waals surface area contributed by atoms with Gasteiger partial charge in [0.25, 0.3) is 0 Å². The Morgan fingerprint density at radius 2 is 2.12 bits per heavy atom. The number of nitrogens with two attached hydrogens (primary N) is 1. The van der Waals surface area contributed by atoms with Gasteiger partial charge in [-0.25, -0.2) is 18.5 Å². The first-order valence-corrected chi connectivity index (χ1v) is 9.30. The van der Waals surface area contributed by atoms with Gasteiger partial charge in [-0.2, -0.15) is 0 Å². The Bertz CT molecular complexity index is 1040. The highest BCUT2D eigenvalue weighted by molar-refractivity contribution is 7.89. The predicted octanol–water partition coefficient (Wildman–Crippen LogP) is 1.85. The van der Waals surface area contributed by atoms with E-state index in [1.165, 1.54) is 0 Å². The van der Waals surface area contributed by atoms with Gasteiger partial charge in [0.05, 0.1) is 17.1 Å². The van der Waals surface area contributed by atoms with Crippen LogP contribution < -0.4 is 10.0 Å². The summed E-state index contributed by atoms with van der Waals surface area (Å²) < 4.78 is 25.2. The van der Waals surface area contributed by atoms with Crippen LogP contribution in [-0.2, 0) is 23.0 Å². The second-order valence-electron chi connectivity index (χ2n) is 6.16. The molecule has 4 rings (SSSR count). The normalized spacial score (nSPS) is 14.3. The summed E-state index contributed by atoms with van der Waals surface area (Å²) in [5, 5.41) is 5.25. The highest BCUT2D eigenvalue weighted by atomic mass is 32.2. The van der Waals surface area contributed by atoms with Crippen molar-refractivity contribution in [1.29, 1.82) is 0 Å². The van der Waals surface area contributed by atoms with Crippen molar-refractivity contribution in [3.63, 3.8) is 0 Å². The third-order valence-corrected chi connectivity index (χ3v) is 5.37. The Hall–Kier alpha value is -2.38. The lowest BCUT2D eigenvalue weighted by molar-refractivity contribution is 0.598. The summed E-state index contributed by atoms with van der Waals surface area (Å²) in [5.41, 5.74) is 5.10. The minimum atomic E-state index is -3.69. The molecule has 0 unspecified atom stereocenters. The average molecular weight is 342 g/mol. The summed E-state index contributed by atoms with van der Waals surface area (Å²) in [6, 6.07) is 9.13. The molecule has 2 aromatic heterocycles. The topological polar surface area (TPSA) is 80.7 Å². The largest absolute Gasteiger partial charge is 0.365 e. The third-order valence-electron chi connectivity index (χ3n) is 4.46. The molecule has 0 radical (unpaired) electrons. The summed E-state index contributed by atoms with van der Waals surface area (Å²) in [6.07, 6.45) is 4.90. The fraction of sp³-hybridized carbons (Fsp3) is 0.235. The first-order valence-electron chi connectivity index (χ1n) is 7.76. The molecule has 2 N–H and O–H groups in total. The van der Waals surface area contributed by atoms with Crippen molar-refractivity contribution in [2.75, 3.05) is 11.4 Å². The van der Waals surface area contributed by atoms with Crippen LogP contribution in [0.4, 0.5) is 5.69 Å². The van der Waals surface area contributed by atoms with E-state index in [1.807, 2.05) is 41.9 Å². The van der Waals surface area contributed by atoms with Crippen molar-refractivity contribution in [2.24, 2.45) is 5.14 Å². The zero-order valence-electron chi connectivity index (χ0n) is 13.3. The molecule has 0 atom stereocenters. The standard InChI is InChI=1S/C17H18N4O2S/c1-12-3-2-7-21-11-14(19-17(12)21)10-20-8-6-13-4-5-15(9-16(13)20)24(18,22)23/h2-5,7,9,11H,6,8,10H2,1H3,(H2,18,22,23). The number of sulfonamides is 1. The van der Waals surface area contributed by atoms with Gasteiger partial charge in [-0.05, 0) is 42.7 Å². The van der Waals surface area contributed by atoms with Crippen LogP contribution in [0.5, 0.6) is 0 Å². The Labute approximate surface area is 140 Å². The van der Waals surface area contributed by atoms with Crippen LogP contribution in [0.2, 0.25) is 0 Å². The Balaban J connectivity index is 1.68. The highest BCUT2D eigenvalue weighted by Crippen LogP contribution is 2.31. The SMILES string of the molecule is Cc1cccn2cc(CN3CCc4ccc(S(N)(=O)=O)cc43)nc12. The number of anilines is 1. The number of benzene rings is 1. The Morgan fingerprint density at radius 1 is 1.29 bits per heavy atom. The second-order valence-corrected chi connectivity index (χ2v) is 7.72. The van der Waals surface area contributed by atoms with Gasteiger partial charge in [-0.3, -0.25) is 0 Å². The Morgan fingerprint density at radius 3 is 2.88 bits per heavy atom. The average Bonchev–Trinajstić information content (AvgIpc) is 3.11. The van der Waals surface area contributed by atoms with Gasteiger partial charge >= 0.3 is 0 Å². The molecule has 0 spiro atoms. The zero-order valence-corrected chi connectivity index (χ0v) is 14.1. The van der Waals surface area contributed by atoms with Gasteiger partial charge in [-0.15, -0.1) is 0 Å². The predicted molar refractivity (Wildman–Crippen MR) is 92.5 cm³/mol. The summed E-state index contributed by atoms with van der Waals surface area (Å²) in [6.45, 7) is 3.52. The highest BCUT2D eigenvalue weighted by Gasteiger charge is 2.22. The van der Waals surface area contributed by atoms with E-state index < -0.39 is 10.0 Å². The van der Waals surface area contributed by atoms with Crippen LogP contribution >= 0.6 is 0 Å².